The third kappa shape index (κ3) is 1.78. The van der Waals surface area contributed by atoms with Crippen LogP contribution in [0.15, 0.2) is 30.5 Å². The number of hydrogen-bond acceptors (Lipinski definition) is 2. The van der Waals surface area contributed by atoms with Crippen LogP contribution in [-0.2, 0) is 0 Å². The molecule has 0 aliphatic carbocycles. The number of nitrogens with one attached hydrogen (secondary N) is 2. The topological polar surface area (TPSA) is 70.5 Å². The van der Waals surface area contributed by atoms with Crippen molar-refractivity contribution in [1.82, 2.24) is 15.0 Å². The average Bonchev–Trinajstić information content (AvgIpc) is 2.93. The normalized spacial score (nSPS) is 13.1. The van der Waals surface area contributed by atoms with Gasteiger partial charge in [0.05, 0.1) is 17.6 Å². The van der Waals surface area contributed by atoms with Gasteiger partial charge in [-0.1, -0.05) is 0 Å². The SMILES string of the molecule is CC(N)c1cnc(-c2cc3cc(F)ccc3[nH]2)[nH]1. The number of aromatic nitrogens is 3. The highest BCUT2D eigenvalue weighted by atomic mass is 19.1. The summed E-state index contributed by atoms with van der Waals surface area (Å²) in [5.41, 5.74) is 8.34. The van der Waals surface area contributed by atoms with Crippen LogP contribution in [0.2, 0.25) is 0 Å². The van der Waals surface area contributed by atoms with Crippen LogP contribution in [0.5, 0.6) is 0 Å². The first-order chi connectivity index (χ1) is 8.63. The van der Waals surface area contributed by atoms with E-state index in [1.54, 1.807) is 12.3 Å². The van der Waals surface area contributed by atoms with Gasteiger partial charge in [0.15, 0.2) is 5.82 Å². The quantitative estimate of drug-likeness (QED) is 0.648. The minimum atomic E-state index is -0.247. The summed E-state index contributed by atoms with van der Waals surface area (Å²) in [7, 11) is 0. The van der Waals surface area contributed by atoms with Gasteiger partial charge in [-0.05, 0) is 31.2 Å². The molecule has 92 valence electrons. The Morgan fingerprint density at radius 2 is 2.11 bits per heavy atom. The number of benzene rings is 1. The molecule has 3 aromatic rings. The van der Waals surface area contributed by atoms with Crippen molar-refractivity contribution in [2.45, 2.75) is 13.0 Å². The number of H-pyrrole nitrogens is 2. The molecule has 2 heterocycles. The van der Waals surface area contributed by atoms with Crippen LogP contribution < -0.4 is 5.73 Å². The van der Waals surface area contributed by atoms with E-state index >= 15 is 0 Å². The van der Waals surface area contributed by atoms with Gasteiger partial charge in [-0.3, -0.25) is 0 Å². The van der Waals surface area contributed by atoms with Gasteiger partial charge in [0, 0.05) is 16.9 Å². The summed E-state index contributed by atoms with van der Waals surface area (Å²) >= 11 is 0. The van der Waals surface area contributed by atoms with E-state index in [9.17, 15) is 4.39 Å². The molecule has 1 atom stereocenters. The average molecular weight is 244 g/mol. The Morgan fingerprint density at radius 1 is 1.28 bits per heavy atom. The standard InChI is InChI=1S/C13H13FN4/c1-7(15)12-6-16-13(18-12)11-5-8-4-9(14)2-3-10(8)17-11/h2-7,17H,15H2,1H3,(H,16,18). The summed E-state index contributed by atoms with van der Waals surface area (Å²) in [6, 6.07) is 6.40. The van der Waals surface area contributed by atoms with Gasteiger partial charge in [-0.15, -0.1) is 0 Å². The van der Waals surface area contributed by atoms with Gasteiger partial charge >= 0.3 is 0 Å². The van der Waals surface area contributed by atoms with Crippen molar-refractivity contribution >= 4 is 10.9 Å². The molecule has 0 fully saturated rings. The summed E-state index contributed by atoms with van der Waals surface area (Å²) in [5, 5.41) is 0.823. The molecule has 0 amide bonds. The van der Waals surface area contributed by atoms with Gasteiger partial charge in [0.25, 0.3) is 0 Å². The molecule has 18 heavy (non-hydrogen) atoms. The van der Waals surface area contributed by atoms with Crippen molar-refractivity contribution in [1.29, 1.82) is 0 Å². The molecule has 0 aliphatic rings. The van der Waals surface area contributed by atoms with Crippen LogP contribution in [0, 0.1) is 5.82 Å². The zero-order chi connectivity index (χ0) is 12.7. The van der Waals surface area contributed by atoms with Gasteiger partial charge in [-0.2, -0.15) is 0 Å². The lowest BCUT2D eigenvalue weighted by Crippen LogP contribution is -2.04. The van der Waals surface area contributed by atoms with E-state index in [1.807, 2.05) is 13.0 Å². The number of nitrogens with two attached hydrogens (primary N) is 1. The number of fused-ring (bicyclic) bond motifs is 1. The fourth-order valence-electron chi connectivity index (χ4n) is 1.93. The van der Waals surface area contributed by atoms with E-state index in [-0.39, 0.29) is 11.9 Å². The summed E-state index contributed by atoms with van der Waals surface area (Å²) in [4.78, 5) is 10.6. The lowest BCUT2D eigenvalue weighted by molar-refractivity contribution is 0.630. The highest BCUT2D eigenvalue weighted by Crippen LogP contribution is 2.23. The predicted molar refractivity (Wildman–Crippen MR) is 68.4 cm³/mol. The number of aromatic amines is 2. The zero-order valence-electron chi connectivity index (χ0n) is 9.87. The van der Waals surface area contributed by atoms with Crippen LogP contribution >= 0.6 is 0 Å². The number of nitrogens with zero attached hydrogens (tertiary/aromatic N) is 1. The van der Waals surface area contributed by atoms with Gasteiger partial charge in [0.2, 0.25) is 0 Å². The Morgan fingerprint density at radius 3 is 2.83 bits per heavy atom. The lowest BCUT2D eigenvalue weighted by Gasteiger charge is -1.98. The highest BCUT2D eigenvalue weighted by Gasteiger charge is 2.09. The van der Waals surface area contributed by atoms with E-state index in [2.05, 4.69) is 15.0 Å². The second kappa shape index (κ2) is 3.96. The maximum Gasteiger partial charge on any atom is 0.154 e. The third-order valence-corrected chi connectivity index (χ3v) is 2.92. The zero-order valence-corrected chi connectivity index (χ0v) is 9.87. The van der Waals surface area contributed by atoms with Crippen molar-refractivity contribution in [3.05, 3.63) is 42.0 Å². The van der Waals surface area contributed by atoms with E-state index in [4.69, 9.17) is 5.73 Å². The van der Waals surface area contributed by atoms with Crippen molar-refractivity contribution < 1.29 is 4.39 Å². The molecule has 0 spiro atoms. The highest BCUT2D eigenvalue weighted by molar-refractivity contribution is 5.84. The van der Waals surface area contributed by atoms with Crippen LogP contribution in [0.3, 0.4) is 0 Å². The Labute approximate surface area is 103 Å². The smallest absolute Gasteiger partial charge is 0.154 e. The molecule has 5 heteroatoms. The number of hydrogen-bond donors (Lipinski definition) is 3. The fraction of sp³-hybridized carbons (Fsp3) is 0.154. The Hall–Kier alpha value is -2.14. The van der Waals surface area contributed by atoms with Gasteiger partial charge < -0.3 is 15.7 Å². The molecule has 0 saturated carbocycles. The molecule has 0 saturated heterocycles. The first-order valence-corrected chi connectivity index (χ1v) is 5.72. The van der Waals surface area contributed by atoms with Crippen LogP contribution in [0.4, 0.5) is 4.39 Å². The van der Waals surface area contributed by atoms with Crippen molar-refractivity contribution in [3.8, 4) is 11.5 Å². The first-order valence-electron chi connectivity index (χ1n) is 5.72. The summed E-state index contributed by atoms with van der Waals surface area (Å²) in [5.74, 6) is 0.461. The molecule has 0 aliphatic heterocycles. The molecular weight excluding hydrogens is 231 g/mol. The number of halogens is 1. The third-order valence-electron chi connectivity index (χ3n) is 2.92. The summed E-state index contributed by atoms with van der Waals surface area (Å²) < 4.78 is 13.1. The van der Waals surface area contributed by atoms with Gasteiger partial charge in [-0.25, -0.2) is 9.37 Å². The molecule has 1 unspecified atom stereocenters. The van der Waals surface area contributed by atoms with E-state index < -0.39 is 0 Å². The maximum atomic E-state index is 13.1. The number of imidazole rings is 1. The number of rotatable bonds is 2. The van der Waals surface area contributed by atoms with Crippen molar-refractivity contribution in [2.75, 3.05) is 0 Å². The minimum absolute atomic E-state index is 0.0897. The molecule has 2 aromatic heterocycles. The molecule has 1 aromatic carbocycles. The molecule has 0 radical (unpaired) electrons. The fourth-order valence-corrected chi connectivity index (χ4v) is 1.93. The van der Waals surface area contributed by atoms with Gasteiger partial charge in [0.1, 0.15) is 5.82 Å². The molecule has 4 nitrogen and oxygen atoms in total. The predicted octanol–water partition coefficient (Wildman–Crippen LogP) is 2.72. The Bertz CT molecular complexity index is 696. The summed E-state index contributed by atoms with van der Waals surface area (Å²) in [6.45, 7) is 1.89. The second-order valence-electron chi connectivity index (χ2n) is 4.39. The second-order valence-corrected chi connectivity index (χ2v) is 4.39. The van der Waals surface area contributed by atoms with Crippen LogP contribution in [-0.4, -0.2) is 15.0 Å². The van der Waals surface area contributed by atoms with Crippen LogP contribution in [0.25, 0.3) is 22.4 Å². The van der Waals surface area contributed by atoms with Crippen molar-refractivity contribution in [2.24, 2.45) is 5.73 Å². The molecule has 4 N–H and O–H groups in total. The maximum absolute atomic E-state index is 13.1. The summed E-state index contributed by atoms with van der Waals surface area (Å²) in [6.07, 6.45) is 1.71. The Balaban J connectivity index is 2.07. The van der Waals surface area contributed by atoms with E-state index in [0.29, 0.717) is 5.82 Å². The lowest BCUT2D eigenvalue weighted by atomic mass is 10.2. The van der Waals surface area contributed by atoms with E-state index in [1.165, 1.54) is 12.1 Å². The molecule has 0 bridgehead atoms. The molecular formula is C13H13FN4. The van der Waals surface area contributed by atoms with E-state index in [0.717, 1.165) is 22.3 Å². The largest absolute Gasteiger partial charge is 0.352 e. The first kappa shape index (κ1) is 11.0. The monoisotopic (exact) mass is 244 g/mol. The Kier molecular flexibility index (Phi) is 2.41. The minimum Gasteiger partial charge on any atom is -0.352 e. The molecule has 3 rings (SSSR count). The van der Waals surface area contributed by atoms with Crippen molar-refractivity contribution in [3.63, 3.8) is 0 Å². The van der Waals surface area contributed by atoms with Crippen LogP contribution in [0.1, 0.15) is 18.7 Å².